The van der Waals surface area contributed by atoms with Crippen molar-refractivity contribution >= 4 is 11.5 Å². The summed E-state index contributed by atoms with van der Waals surface area (Å²) in [4.78, 5) is 14.5. The maximum atomic E-state index is 12.1. The van der Waals surface area contributed by atoms with Crippen LogP contribution in [0.5, 0.6) is 5.75 Å². The second kappa shape index (κ2) is 10.4. The van der Waals surface area contributed by atoms with Crippen LogP contribution in [0, 0.1) is 0 Å². The maximum absolute atomic E-state index is 12.1. The number of unbranched alkanes of at least 4 members (excludes halogenated alkanes) is 4. The quantitative estimate of drug-likeness (QED) is 0.412. The van der Waals surface area contributed by atoms with Crippen LogP contribution in [0.15, 0.2) is 18.2 Å². The van der Waals surface area contributed by atoms with Gasteiger partial charge in [-0.1, -0.05) is 39.5 Å². The van der Waals surface area contributed by atoms with Gasteiger partial charge in [0.2, 0.25) is 0 Å². The van der Waals surface area contributed by atoms with Crippen LogP contribution >= 0.6 is 0 Å². The molecule has 0 aliphatic carbocycles. The molecule has 3 heteroatoms. The Labute approximate surface area is 147 Å². The molecule has 2 rings (SSSR count). The van der Waals surface area contributed by atoms with E-state index >= 15 is 0 Å². The zero-order valence-corrected chi connectivity index (χ0v) is 15.5. The van der Waals surface area contributed by atoms with Crippen molar-refractivity contribution in [3.05, 3.63) is 23.8 Å². The minimum atomic E-state index is 0.208. The number of ether oxygens (including phenoxy) is 1. The van der Waals surface area contributed by atoms with Crippen LogP contribution < -0.4 is 9.64 Å². The standard InChI is InChI=1S/C21H33NO2/c1-3-5-6-7-11-16-24-21-13-12-18(20(23)4-2)17-19(21)22-14-9-8-10-15-22/h12-13,17H,3-11,14-16H2,1-2H3. The van der Waals surface area contributed by atoms with Crippen molar-refractivity contribution in [2.75, 3.05) is 24.6 Å². The van der Waals surface area contributed by atoms with Gasteiger partial charge in [-0.15, -0.1) is 0 Å². The van der Waals surface area contributed by atoms with E-state index in [0.29, 0.717) is 6.42 Å². The number of nitrogens with zero attached hydrogens (tertiary/aromatic N) is 1. The van der Waals surface area contributed by atoms with E-state index in [9.17, 15) is 4.79 Å². The highest BCUT2D eigenvalue weighted by Gasteiger charge is 2.17. The summed E-state index contributed by atoms with van der Waals surface area (Å²) < 4.78 is 6.09. The zero-order valence-electron chi connectivity index (χ0n) is 15.5. The minimum Gasteiger partial charge on any atom is -0.491 e. The molecule has 0 amide bonds. The second-order valence-corrected chi connectivity index (χ2v) is 6.77. The van der Waals surface area contributed by atoms with Crippen LogP contribution in [0.25, 0.3) is 0 Å². The molecule has 1 heterocycles. The van der Waals surface area contributed by atoms with E-state index in [4.69, 9.17) is 4.74 Å². The van der Waals surface area contributed by atoms with Crippen LogP contribution in [-0.4, -0.2) is 25.5 Å². The zero-order chi connectivity index (χ0) is 17.2. The molecule has 134 valence electrons. The van der Waals surface area contributed by atoms with Crippen molar-refractivity contribution in [3.63, 3.8) is 0 Å². The predicted octanol–water partition coefficient (Wildman–Crippen LogP) is 5.62. The van der Waals surface area contributed by atoms with Crippen molar-refractivity contribution in [1.82, 2.24) is 0 Å². The molecule has 0 unspecified atom stereocenters. The number of piperidine rings is 1. The van der Waals surface area contributed by atoms with Crippen molar-refractivity contribution in [2.45, 2.75) is 71.6 Å². The monoisotopic (exact) mass is 331 g/mol. The van der Waals surface area contributed by atoms with E-state index in [-0.39, 0.29) is 5.78 Å². The summed E-state index contributed by atoms with van der Waals surface area (Å²) >= 11 is 0. The third kappa shape index (κ3) is 5.54. The number of hydrogen-bond donors (Lipinski definition) is 0. The first kappa shape index (κ1) is 18.8. The van der Waals surface area contributed by atoms with E-state index in [1.165, 1.54) is 44.9 Å². The topological polar surface area (TPSA) is 29.5 Å². The summed E-state index contributed by atoms with van der Waals surface area (Å²) in [7, 11) is 0. The molecule has 1 aromatic rings. The van der Waals surface area contributed by atoms with Crippen molar-refractivity contribution in [1.29, 1.82) is 0 Å². The molecule has 0 saturated carbocycles. The van der Waals surface area contributed by atoms with E-state index in [0.717, 1.165) is 43.1 Å². The lowest BCUT2D eigenvalue weighted by Crippen LogP contribution is -2.30. The van der Waals surface area contributed by atoms with E-state index in [1.807, 2.05) is 25.1 Å². The minimum absolute atomic E-state index is 0.208. The van der Waals surface area contributed by atoms with Gasteiger partial charge in [-0.3, -0.25) is 4.79 Å². The summed E-state index contributed by atoms with van der Waals surface area (Å²) in [6.45, 7) is 7.06. The lowest BCUT2D eigenvalue weighted by Gasteiger charge is -2.30. The number of carbonyl (C=O) groups is 1. The van der Waals surface area contributed by atoms with Crippen LogP contribution in [0.2, 0.25) is 0 Å². The van der Waals surface area contributed by atoms with Gasteiger partial charge in [-0.2, -0.15) is 0 Å². The number of carbonyl (C=O) groups excluding carboxylic acids is 1. The van der Waals surface area contributed by atoms with Gasteiger partial charge in [0.15, 0.2) is 5.78 Å². The Hall–Kier alpha value is -1.51. The van der Waals surface area contributed by atoms with E-state index in [2.05, 4.69) is 11.8 Å². The molecule has 1 aromatic carbocycles. The fourth-order valence-electron chi connectivity index (χ4n) is 3.29. The lowest BCUT2D eigenvalue weighted by atomic mass is 10.0. The summed E-state index contributed by atoms with van der Waals surface area (Å²) in [5.74, 6) is 1.15. The number of benzene rings is 1. The third-order valence-electron chi connectivity index (χ3n) is 4.80. The number of anilines is 1. The molecule has 1 aliphatic rings. The van der Waals surface area contributed by atoms with Crippen LogP contribution in [-0.2, 0) is 0 Å². The number of ketones is 1. The molecule has 0 aromatic heterocycles. The molecule has 0 bridgehead atoms. The van der Waals surface area contributed by atoms with Gasteiger partial charge in [0.25, 0.3) is 0 Å². The molecular formula is C21H33NO2. The fraction of sp³-hybridized carbons (Fsp3) is 0.667. The van der Waals surface area contributed by atoms with Crippen LogP contribution in [0.1, 0.15) is 82.0 Å². The molecule has 0 spiro atoms. The highest BCUT2D eigenvalue weighted by molar-refractivity contribution is 5.97. The lowest BCUT2D eigenvalue weighted by molar-refractivity contribution is 0.0988. The molecule has 1 aliphatic heterocycles. The Morgan fingerprint density at radius 3 is 2.50 bits per heavy atom. The van der Waals surface area contributed by atoms with Gasteiger partial charge in [-0.05, 0) is 43.9 Å². The molecule has 0 atom stereocenters. The van der Waals surface area contributed by atoms with Gasteiger partial charge >= 0.3 is 0 Å². The average Bonchev–Trinajstić information content (AvgIpc) is 2.64. The van der Waals surface area contributed by atoms with Gasteiger partial charge in [0, 0.05) is 25.1 Å². The van der Waals surface area contributed by atoms with Gasteiger partial charge in [0.05, 0.1) is 12.3 Å². The van der Waals surface area contributed by atoms with Crippen molar-refractivity contribution in [2.24, 2.45) is 0 Å². The molecule has 0 radical (unpaired) electrons. The van der Waals surface area contributed by atoms with Crippen LogP contribution in [0.3, 0.4) is 0 Å². The Morgan fingerprint density at radius 1 is 1.04 bits per heavy atom. The molecule has 1 fully saturated rings. The molecular weight excluding hydrogens is 298 g/mol. The Bertz CT molecular complexity index is 507. The normalized spacial score (nSPS) is 14.7. The van der Waals surface area contributed by atoms with Gasteiger partial charge < -0.3 is 9.64 Å². The third-order valence-corrected chi connectivity index (χ3v) is 4.80. The summed E-state index contributed by atoms with van der Waals surface area (Å²) in [6, 6.07) is 5.97. The molecule has 0 N–H and O–H groups in total. The Kier molecular flexibility index (Phi) is 8.14. The average molecular weight is 332 g/mol. The summed E-state index contributed by atoms with van der Waals surface area (Å²) in [5, 5.41) is 0. The van der Waals surface area contributed by atoms with Gasteiger partial charge in [-0.25, -0.2) is 0 Å². The Balaban J connectivity index is 2.03. The largest absolute Gasteiger partial charge is 0.491 e. The van der Waals surface area contributed by atoms with Gasteiger partial charge in [0.1, 0.15) is 5.75 Å². The number of hydrogen-bond acceptors (Lipinski definition) is 3. The molecule has 1 saturated heterocycles. The number of rotatable bonds is 10. The van der Waals surface area contributed by atoms with Crippen molar-refractivity contribution < 1.29 is 9.53 Å². The van der Waals surface area contributed by atoms with E-state index < -0.39 is 0 Å². The molecule has 24 heavy (non-hydrogen) atoms. The highest BCUT2D eigenvalue weighted by Crippen LogP contribution is 2.32. The van der Waals surface area contributed by atoms with E-state index in [1.54, 1.807) is 0 Å². The molecule has 3 nitrogen and oxygen atoms in total. The second-order valence-electron chi connectivity index (χ2n) is 6.77. The fourth-order valence-corrected chi connectivity index (χ4v) is 3.29. The highest BCUT2D eigenvalue weighted by atomic mass is 16.5. The maximum Gasteiger partial charge on any atom is 0.162 e. The first-order valence-electron chi connectivity index (χ1n) is 9.81. The van der Waals surface area contributed by atoms with Crippen LogP contribution in [0.4, 0.5) is 5.69 Å². The number of Topliss-reactive ketones (excluding diaryl/α,β-unsaturated/α-hetero) is 1. The smallest absolute Gasteiger partial charge is 0.162 e. The Morgan fingerprint density at radius 2 is 1.79 bits per heavy atom. The summed E-state index contributed by atoms with van der Waals surface area (Å²) in [5.41, 5.74) is 1.93. The SMILES string of the molecule is CCCCCCCOc1ccc(C(=O)CC)cc1N1CCCCC1. The first-order chi connectivity index (χ1) is 11.8. The first-order valence-corrected chi connectivity index (χ1v) is 9.81. The predicted molar refractivity (Wildman–Crippen MR) is 101 cm³/mol. The van der Waals surface area contributed by atoms with Crippen molar-refractivity contribution in [3.8, 4) is 5.75 Å². The summed E-state index contributed by atoms with van der Waals surface area (Å²) in [6.07, 6.45) is 10.5.